The number of nitrogens with one attached hydrogen (secondary N) is 1. The highest BCUT2D eigenvalue weighted by Gasteiger charge is 2.20. The summed E-state index contributed by atoms with van der Waals surface area (Å²) in [5.41, 5.74) is 1.13. The molecule has 0 fully saturated rings. The Morgan fingerprint density at radius 1 is 1.23 bits per heavy atom. The number of halogens is 2. The highest BCUT2D eigenvalue weighted by molar-refractivity contribution is 6.04. The molecule has 0 spiro atoms. The minimum absolute atomic E-state index is 0.0115. The van der Waals surface area contributed by atoms with Crippen LogP contribution in [-0.4, -0.2) is 27.8 Å². The summed E-state index contributed by atoms with van der Waals surface area (Å²) < 4.78 is 33.9. The molecule has 0 bridgehead atoms. The second-order valence-corrected chi connectivity index (χ2v) is 6.66. The van der Waals surface area contributed by atoms with Crippen LogP contribution < -0.4 is 10.1 Å². The molecule has 0 atom stereocenters. The number of aromatic nitrogens is 3. The van der Waals surface area contributed by atoms with Crippen LogP contribution in [0, 0.1) is 29.9 Å². The van der Waals surface area contributed by atoms with Crippen molar-refractivity contribution < 1.29 is 18.3 Å². The third-order valence-electron chi connectivity index (χ3n) is 4.73. The molecule has 2 aromatic heterocycles. The first-order valence-electron chi connectivity index (χ1n) is 9.12. The van der Waals surface area contributed by atoms with Crippen molar-refractivity contribution in [3.8, 4) is 17.6 Å². The number of methoxy groups -OCH3 is 1. The molecule has 154 valence electrons. The van der Waals surface area contributed by atoms with Gasteiger partial charge in [0.25, 0.3) is 5.91 Å². The van der Waals surface area contributed by atoms with E-state index in [1.807, 2.05) is 25.1 Å². The number of rotatable bonds is 4. The Hall–Kier alpha value is -4.32. The van der Waals surface area contributed by atoms with Crippen LogP contribution in [0.3, 0.4) is 0 Å². The van der Waals surface area contributed by atoms with Crippen molar-refractivity contribution in [1.29, 1.82) is 5.26 Å². The molecule has 0 aliphatic heterocycles. The lowest BCUT2D eigenvalue weighted by Gasteiger charge is -2.13. The van der Waals surface area contributed by atoms with Crippen molar-refractivity contribution in [2.75, 3.05) is 12.4 Å². The number of benzene rings is 2. The zero-order valence-electron chi connectivity index (χ0n) is 16.5. The Morgan fingerprint density at radius 3 is 2.74 bits per heavy atom. The molecule has 9 heteroatoms. The fourth-order valence-corrected chi connectivity index (χ4v) is 3.22. The summed E-state index contributed by atoms with van der Waals surface area (Å²) >= 11 is 0. The van der Waals surface area contributed by atoms with E-state index in [9.17, 15) is 18.8 Å². The third kappa shape index (κ3) is 3.55. The van der Waals surface area contributed by atoms with Gasteiger partial charge in [0.15, 0.2) is 11.6 Å². The number of aryl methyl sites for hydroxylation is 1. The van der Waals surface area contributed by atoms with Gasteiger partial charge in [0.05, 0.1) is 18.9 Å². The van der Waals surface area contributed by atoms with Crippen LogP contribution in [-0.2, 0) is 0 Å². The Kier molecular flexibility index (Phi) is 5.05. The van der Waals surface area contributed by atoms with Gasteiger partial charge < -0.3 is 10.1 Å². The fraction of sp³-hybridized carbons (Fsp3) is 0.0909. The zero-order valence-corrected chi connectivity index (χ0v) is 16.5. The Labute approximate surface area is 175 Å². The molecule has 0 unspecified atom stereocenters. The summed E-state index contributed by atoms with van der Waals surface area (Å²) in [7, 11) is 1.53. The van der Waals surface area contributed by atoms with Gasteiger partial charge in [0.1, 0.15) is 34.5 Å². The molecule has 2 aromatic carbocycles. The largest absolute Gasteiger partial charge is 0.494 e. The molecule has 0 aliphatic carbocycles. The lowest BCUT2D eigenvalue weighted by molar-refractivity contribution is 0.102. The van der Waals surface area contributed by atoms with Gasteiger partial charge in [-0.05, 0) is 36.8 Å². The number of carbonyl (C=O) groups is 1. The molecular formula is C22H15F2N5O2. The Balaban J connectivity index is 1.82. The van der Waals surface area contributed by atoms with E-state index >= 15 is 0 Å². The predicted octanol–water partition coefficient (Wildman–Crippen LogP) is 4.14. The van der Waals surface area contributed by atoms with Gasteiger partial charge in [0.2, 0.25) is 0 Å². The van der Waals surface area contributed by atoms with E-state index in [4.69, 9.17) is 4.74 Å². The van der Waals surface area contributed by atoms with Crippen molar-refractivity contribution in [2.24, 2.45) is 0 Å². The lowest BCUT2D eigenvalue weighted by Crippen LogP contribution is -2.18. The van der Waals surface area contributed by atoms with E-state index in [2.05, 4.69) is 15.4 Å². The molecule has 0 aliphatic rings. The van der Waals surface area contributed by atoms with Gasteiger partial charge in [-0.3, -0.25) is 4.79 Å². The summed E-state index contributed by atoms with van der Waals surface area (Å²) in [5.74, 6) is -1.80. The number of fused-ring (bicyclic) bond motifs is 1. The predicted molar refractivity (Wildman–Crippen MR) is 109 cm³/mol. The first-order chi connectivity index (χ1) is 14.9. The van der Waals surface area contributed by atoms with Gasteiger partial charge >= 0.3 is 0 Å². The minimum atomic E-state index is -1.02. The molecule has 4 rings (SSSR count). The van der Waals surface area contributed by atoms with Crippen LogP contribution in [0.1, 0.15) is 21.5 Å². The van der Waals surface area contributed by atoms with Crippen molar-refractivity contribution in [1.82, 2.24) is 14.8 Å². The molecule has 0 radical (unpaired) electrons. The Morgan fingerprint density at radius 2 is 2.03 bits per heavy atom. The number of amides is 1. The van der Waals surface area contributed by atoms with Gasteiger partial charge in [-0.15, -0.1) is 0 Å². The first kappa shape index (κ1) is 20.0. The normalized spacial score (nSPS) is 10.7. The molecule has 7 nitrogen and oxygen atoms in total. The average Bonchev–Trinajstić information content (AvgIpc) is 3.15. The number of anilines is 1. The van der Waals surface area contributed by atoms with E-state index in [-0.39, 0.29) is 16.9 Å². The fourth-order valence-electron chi connectivity index (χ4n) is 3.22. The van der Waals surface area contributed by atoms with Crippen LogP contribution in [0.4, 0.5) is 14.6 Å². The van der Waals surface area contributed by atoms with Gasteiger partial charge in [-0.25, -0.2) is 13.8 Å². The third-order valence-corrected chi connectivity index (χ3v) is 4.73. The summed E-state index contributed by atoms with van der Waals surface area (Å²) in [6, 6.07) is 11.8. The van der Waals surface area contributed by atoms with E-state index < -0.39 is 17.5 Å². The van der Waals surface area contributed by atoms with Crippen molar-refractivity contribution in [3.05, 3.63) is 77.0 Å². The number of hydrogen-bond acceptors (Lipinski definition) is 5. The van der Waals surface area contributed by atoms with Gasteiger partial charge in [-0.2, -0.15) is 15.0 Å². The number of hydrogen-bond donors (Lipinski definition) is 1. The van der Waals surface area contributed by atoms with Gasteiger partial charge in [-0.1, -0.05) is 12.1 Å². The van der Waals surface area contributed by atoms with E-state index in [0.717, 1.165) is 23.1 Å². The van der Waals surface area contributed by atoms with Crippen LogP contribution in [0.2, 0.25) is 0 Å². The summed E-state index contributed by atoms with van der Waals surface area (Å²) in [6.07, 6.45) is 1.26. The molecule has 31 heavy (non-hydrogen) atoms. The van der Waals surface area contributed by atoms with Crippen molar-refractivity contribution >= 4 is 22.6 Å². The second kappa shape index (κ2) is 7.84. The summed E-state index contributed by atoms with van der Waals surface area (Å²) in [4.78, 5) is 17.2. The van der Waals surface area contributed by atoms with E-state index in [0.29, 0.717) is 23.2 Å². The van der Waals surface area contributed by atoms with E-state index in [1.54, 1.807) is 12.1 Å². The molecule has 4 aromatic rings. The Bertz CT molecular complexity index is 1370. The molecule has 1 amide bonds. The highest BCUT2D eigenvalue weighted by atomic mass is 19.1. The summed E-state index contributed by atoms with van der Waals surface area (Å²) in [6.45, 7) is 1.88. The topological polar surface area (TPSA) is 92.8 Å². The van der Waals surface area contributed by atoms with E-state index in [1.165, 1.54) is 18.0 Å². The molecule has 0 saturated carbocycles. The molecule has 1 N–H and O–H groups in total. The molecule has 0 saturated heterocycles. The molecule has 2 heterocycles. The zero-order chi connectivity index (χ0) is 22.1. The monoisotopic (exact) mass is 419 g/mol. The number of pyridine rings is 1. The van der Waals surface area contributed by atoms with Crippen LogP contribution in [0.5, 0.6) is 5.75 Å². The maximum atomic E-state index is 14.0. The van der Waals surface area contributed by atoms with Crippen molar-refractivity contribution in [3.63, 3.8) is 0 Å². The number of ether oxygens (including phenoxy) is 1. The maximum Gasteiger partial charge on any atom is 0.259 e. The maximum absolute atomic E-state index is 14.0. The number of nitrogens with zero attached hydrogens (tertiary/aromatic N) is 4. The number of nitriles is 1. The van der Waals surface area contributed by atoms with Crippen LogP contribution in [0.25, 0.3) is 16.7 Å². The number of para-hydroxylation sites is 1. The molecular weight excluding hydrogens is 404 g/mol. The number of carbonyl (C=O) groups excluding carboxylic acids is 1. The second-order valence-electron chi connectivity index (χ2n) is 6.66. The van der Waals surface area contributed by atoms with Gasteiger partial charge in [0, 0.05) is 11.5 Å². The first-order valence-corrected chi connectivity index (χ1v) is 9.12. The standard InChI is InChI=1S/C22H15F2N5O2/c1-12-8-19(27-20-15(12)4-3-5-18(20)31-2)29-21(13(10-25)11-26-29)28-22(30)16-7-6-14(23)9-17(16)24/h3-9,11H,1-2H3,(H,28,30). The quantitative estimate of drug-likeness (QED) is 0.537. The minimum Gasteiger partial charge on any atom is -0.494 e. The lowest BCUT2D eigenvalue weighted by atomic mass is 10.1. The van der Waals surface area contributed by atoms with Crippen LogP contribution >= 0.6 is 0 Å². The average molecular weight is 419 g/mol. The highest BCUT2D eigenvalue weighted by Crippen LogP contribution is 2.29. The van der Waals surface area contributed by atoms with Crippen LogP contribution in [0.15, 0.2) is 48.7 Å². The summed E-state index contributed by atoms with van der Waals surface area (Å²) in [5, 5.41) is 17.0. The SMILES string of the molecule is COc1cccc2c(C)cc(-n3ncc(C#N)c3NC(=O)c3ccc(F)cc3F)nc12. The van der Waals surface area contributed by atoms with Crippen molar-refractivity contribution in [2.45, 2.75) is 6.92 Å². The smallest absolute Gasteiger partial charge is 0.259 e.